The van der Waals surface area contributed by atoms with E-state index in [0.29, 0.717) is 12.0 Å². The predicted molar refractivity (Wildman–Crippen MR) is 68.5 cm³/mol. The van der Waals surface area contributed by atoms with Crippen molar-refractivity contribution in [2.75, 3.05) is 0 Å². The van der Waals surface area contributed by atoms with Gasteiger partial charge in [-0.05, 0) is 18.1 Å². The molecule has 0 saturated heterocycles. The molecule has 19 heavy (non-hydrogen) atoms. The number of rotatable bonds is 6. The summed E-state index contributed by atoms with van der Waals surface area (Å²) in [5.41, 5.74) is 6.16. The van der Waals surface area contributed by atoms with Gasteiger partial charge in [0.2, 0.25) is 5.91 Å². The fourth-order valence-corrected chi connectivity index (χ4v) is 1.69. The molecule has 0 unspecified atom stereocenters. The number of carbonyl (C=O) groups is 3. The summed E-state index contributed by atoms with van der Waals surface area (Å²) >= 11 is 0. The molecule has 0 radical (unpaired) electrons. The quantitative estimate of drug-likeness (QED) is 0.686. The lowest BCUT2D eigenvalue weighted by atomic mass is 10.0. The van der Waals surface area contributed by atoms with Crippen LogP contribution in [0.1, 0.15) is 29.3 Å². The number of carbonyl (C=O) groups excluding carboxylic acids is 2. The Bertz CT molecular complexity index is 499. The fraction of sp³-hybridized carbons (Fsp3) is 0.308. The van der Waals surface area contributed by atoms with Crippen LogP contribution in [0.15, 0.2) is 24.3 Å². The van der Waals surface area contributed by atoms with E-state index < -0.39 is 30.2 Å². The number of nitrogens with one attached hydrogen (secondary N) is 1. The number of aliphatic carboxylic acids is 1. The van der Waals surface area contributed by atoms with Gasteiger partial charge in [0.05, 0.1) is 6.42 Å². The summed E-state index contributed by atoms with van der Waals surface area (Å²) in [5, 5.41) is 11.2. The van der Waals surface area contributed by atoms with Gasteiger partial charge in [-0.25, -0.2) is 4.79 Å². The van der Waals surface area contributed by atoms with E-state index in [1.165, 1.54) is 0 Å². The first kappa shape index (κ1) is 14.7. The molecule has 6 heteroatoms. The van der Waals surface area contributed by atoms with E-state index >= 15 is 0 Å². The molecule has 102 valence electrons. The molecule has 1 aromatic carbocycles. The maximum atomic E-state index is 12.0. The van der Waals surface area contributed by atoms with Gasteiger partial charge < -0.3 is 16.2 Å². The molecule has 0 saturated carbocycles. The van der Waals surface area contributed by atoms with Gasteiger partial charge in [-0.3, -0.25) is 9.59 Å². The molecule has 0 aliphatic carbocycles. The molecule has 6 nitrogen and oxygen atoms in total. The van der Waals surface area contributed by atoms with Crippen LogP contribution in [0.4, 0.5) is 0 Å². The summed E-state index contributed by atoms with van der Waals surface area (Å²) in [7, 11) is 0. The zero-order chi connectivity index (χ0) is 14.4. The Balaban J connectivity index is 2.87. The van der Waals surface area contributed by atoms with Crippen molar-refractivity contribution in [1.29, 1.82) is 0 Å². The first-order valence-electron chi connectivity index (χ1n) is 5.85. The largest absolute Gasteiger partial charge is 0.480 e. The van der Waals surface area contributed by atoms with E-state index in [2.05, 4.69) is 5.32 Å². The zero-order valence-corrected chi connectivity index (χ0v) is 10.6. The van der Waals surface area contributed by atoms with Crippen molar-refractivity contribution in [2.24, 2.45) is 5.73 Å². The third-order valence-corrected chi connectivity index (χ3v) is 2.65. The molecule has 0 fully saturated rings. The highest BCUT2D eigenvalue weighted by Crippen LogP contribution is 2.10. The molecule has 4 N–H and O–H groups in total. The Morgan fingerprint density at radius 3 is 2.47 bits per heavy atom. The molecule has 1 atom stereocenters. The van der Waals surface area contributed by atoms with Crippen LogP contribution >= 0.6 is 0 Å². The second kappa shape index (κ2) is 6.53. The van der Waals surface area contributed by atoms with Crippen molar-refractivity contribution >= 4 is 17.8 Å². The number of carboxylic acid groups (broad SMARTS) is 1. The lowest BCUT2D eigenvalue weighted by Gasteiger charge is -2.14. The van der Waals surface area contributed by atoms with Crippen LogP contribution in [0, 0.1) is 0 Å². The number of carboxylic acids is 1. The number of hydrogen-bond donors (Lipinski definition) is 3. The van der Waals surface area contributed by atoms with Crippen molar-refractivity contribution in [3.05, 3.63) is 35.4 Å². The van der Waals surface area contributed by atoms with E-state index in [0.717, 1.165) is 5.56 Å². The average Bonchev–Trinajstić information content (AvgIpc) is 2.37. The minimum absolute atomic E-state index is 0.403. The lowest BCUT2D eigenvalue weighted by Crippen LogP contribution is -2.43. The van der Waals surface area contributed by atoms with Crippen LogP contribution in [-0.2, 0) is 16.0 Å². The summed E-state index contributed by atoms with van der Waals surface area (Å²) in [6.45, 7) is 1.89. The Hall–Kier alpha value is -2.37. The molecule has 0 spiro atoms. The van der Waals surface area contributed by atoms with Crippen LogP contribution in [-0.4, -0.2) is 28.9 Å². The SMILES string of the molecule is CCc1ccccc1C(=O)N[C@@H](CC(N)=O)C(=O)O. The van der Waals surface area contributed by atoms with Crippen LogP contribution in [0.25, 0.3) is 0 Å². The first-order valence-corrected chi connectivity index (χ1v) is 5.85. The number of hydrogen-bond acceptors (Lipinski definition) is 3. The van der Waals surface area contributed by atoms with Gasteiger partial charge >= 0.3 is 5.97 Å². The van der Waals surface area contributed by atoms with E-state index in [4.69, 9.17) is 10.8 Å². The molecule has 1 rings (SSSR count). The van der Waals surface area contributed by atoms with Gasteiger partial charge in [0.25, 0.3) is 5.91 Å². The van der Waals surface area contributed by atoms with Crippen molar-refractivity contribution in [2.45, 2.75) is 25.8 Å². The van der Waals surface area contributed by atoms with Crippen LogP contribution < -0.4 is 11.1 Å². The lowest BCUT2D eigenvalue weighted by molar-refractivity contribution is -0.140. The van der Waals surface area contributed by atoms with Crippen molar-refractivity contribution < 1.29 is 19.5 Å². The molecule has 0 bridgehead atoms. The van der Waals surface area contributed by atoms with Gasteiger partial charge in [0.15, 0.2) is 0 Å². The third kappa shape index (κ3) is 4.09. The molecule has 0 aromatic heterocycles. The van der Waals surface area contributed by atoms with Crippen LogP contribution in [0.2, 0.25) is 0 Å². The van der Waals surface area contributed by atoms with Gasteiger partial charge in [-0.15, -0.1) is 0 Å². The molecule has 0 heterocycles. The molecular formula is C13H16N2O4. The van der Waals surface area contributed by atoms with Gasteiger partial charge in [-0.1, -0.05) is 25.1 Å². The maximum absolute atomic E-state index is 12.0. The number of amides is 2. The minimum Gasteiger partial charge on any atom is -0.480 e. The second-order valence-electron chi connectivity index (χ2n) is 4.05. The fourth-order valence-electron chi connectivity index (χ4n) is 1.69. The highest BCUT2D eigenvalue weighted by Gasteiger charge is 2.23. The maximum Gasteiger partial charge on any atom is 0.326 e. The van der Waals surface area contributed by atoms with E-state index in [1.54, 1.807) is 24.3 Å². The highest BCUT2D eigenvalue weighted by molar-refractivity contribution is 5.98. The molecular weight excluding hydrogens is 248 g/mol. The molecule has 2 amide bonds. The van der Waals surface area contributed by atoms with E-state index in [-0.39, 0.29) is 0 Å². The molecule has 0 aliphatic heterocycles. The average molecular weight is 264 g/mol. The Labute approximate surface area is 110 Å². The Morgan fingerprint density at radius 2 is 1.95 bits per heavy atom. The standard InChI is InChI=1S/C13H16N2O4/c1-2-8-5-3-4-6-9(8)12(17)15-10(13(18)19)7-11(14)16/h3-6,10H,2,7H2,1H3,(H2,14,16)(H,15,17)(H,18,19)/t10-/m0/s1. The predicted octanol–water partition coefficient (Wildman–Crippen LogP) is 0.307. The van der Waals surface area contributed by atoms with Gasteiger partial charge in [-0.2, -0.15) is 0 Å². The third-order valence-electron chi connectivity index (χ3n) is 2.65. The summed E-state index contributed by atoms with van der Waals surface area (Å²) in [4.78, 5) is 33.7. The van der Waals surface area contributed by atoms with Crippen molar-refractivity contribution in [1.82, 2.24) is 5.32 Å². The monoisotopic (exact) mass is 264 g/mol. The number of nitrogens with two attached hydrogens (primary N) is 1. The van der Waals surface area contributed by atoms with E-state index in [9.17, 15) is 14.4 Å². The highest BCUT2D eigenvalue weighted by atomic mass is 16.4. The molecule has 0 aliphatic rings. The summed E-state index contributed by atoms with van der Waals surface area (Å²) in [6.07, 6.45) is 0.215. The first-order chi connectivity index (χ1) is 8.95. The smallest absolute Gasteiger partial charge is 0.326 e. The van der Waals surface area contributed by atoms with Crippen LogP contribution in [0.5, 0.6) is 0 Å². The Morgan fingerprint density at radius 1 is 1.32 bits per heavy atom. The number of aryl methyl sites for hydroxylation is 1. The summed E-state index contributed by atoms with van der Waals surface area (Å²) in [5.74, 6) is -2.59. The number of primary amides is 1. The number of benzene rings is 1. The second-order valence-corrected chi connectivity index (χ2v) is 4.05. The summed E-state index contributed by atoms with van der Waals surface area (Å²) < 4.78 is 0. The van der Waals surface area contributed by atoms with E-state index in [1.807, 2.05) is 6.92 Å². The van der Waals surface area contributed by atoms with Gasteiger partial charge in [0.1, 0.15) is 6.04 Å². The topological polar surface area (TPSA) is 109 Å². The van der Waals surface area contributed by atoms with Crippen LogP contribution in [0.3, 0.4) is 0 Å². The minimum atomic E-state index is -1.31. The normalized spacial score (nSPS) is 11.6. The Kier molecular flexibility index (Phi) is 5.05. The van der Waals surface area contributed by atoms with Crippen molar-refractivity contribution in [3.63, 3.8) is 0 Å². The van der Waals surface area contributed by atoms with Gasteiger partial charge in [0, 0.05) is 5.56 Å². The zero-order valence-electron chi connectivity index (χ0n) is 10.6. The molecule has 1 aromatic rings. The van der Waals surface area contributed by atoms with Crippen molar-refractivity contribution in [3.8, 4) is 0 Å². The summed E-state index contributed by atoms with van der Waals surface area (Å²) in [6, 6.07) is 5.58.